The quantitative estimate of drug-likeness (QED) is 0.842. The maximum absolute atomic E-state index is 9.71. The first kappa shape index (κ1) is 14.7. The summed E-state index contributed by atoms with van der Waals surface area (Å²) in [5.74, 6) is 0. The standard InChI is InChI=1S/C10H14.C3H2N2OS2/c1-2-3-7-10-8-5-4-6-9-10;6-8-5-3-4-1-2-7-3/h4-6,8-9H,2-3,7H2,1H3;1-2H. The summed E-state index contributed by atoms with van der Waals surface area (Å²) in [6.07, 6.45) is 5.44. The van der Waals surface area contributed by atoms with Crippen molar-refractivity contribution in [1.82, 2.24) is 4.98 Å². The van der Waals surface area contributed by atoms with Crippen molar-refractivity contribution in [1.29, 1.82) is 0 Å². The zero-order valence-electron chi connectivity index (χ0n) is 10.3. The molecule has 0 aliphatic heterocycles. The molecule has 3 nitrogen and oxygen atoms in total. The molecule has 0 saturated heterocycles. The summed E-state index contributed by atoms with van der Waals surface area (Å²) < 4.78 is 13.1. The third-order valence-corrected chi connectivity index (χ3v) is 3.22. The topological polar surface area (TPSA) is 42.3 Å². The van der Waals surface area contributed by atoms with Gasteiger partial charge in [0.25, 0.3) is 0 Å². The molecule has 1 aromatic carbocycles. The summed E-state index contributed by atoms with van der Waals surface area (Å²) in [5, 5.41) is 2.31. The molecule has 0 unspecified atom stereocenters. The van der Waals surface area contributed by atoms with Gasteiger partial charge in [0.1, 0.15) is 0 Å². The van der Waals surface area contributed by atoms with Crippen LogP contribution in [0.2, 0.25) is 0 Å². The second kappa shape index (κ2) is 9.67. The Hall–Kier alpha value is -1.33. The number of nitrogens with zero attached hydrogens (tertiary/aromatic N) is 2. The average Bonchev–Trinajstić information content (AvgIpc) is 2.92. The number of benzene rings is 1. The highest BCUT2D eigenvalue weighted by Gasteiger charge is 1.87. The molecular weight excluding hydrogens is 264 g/mol. The lowest BCUT2D eigenvalue weighted by Crippen LogP contribution is -1.81. The Bertz CT molecular complexity index is 465. The van der Waals surface area contributed by atoms with Crippen molar-refractivity contribution in [2.75, 3.05) is 0 Å². The summed E-state index contributed by atoms with van der Waals surface area (Å²) in [6, 6.07) is 10.6. The first-order valence-corrected chi connectivity index (χ1v) is 7.38. The summed E-state index contributed by atoms with van der Waals surface area (Å²) in [7, 11) is 0. The van der Waals surface area contributed by atoms with Gasteiger partial charge in [-0.3, -0.25) is 0 Å². The van der Waals surface area contributed by atoms with Crippen LogP contribution < -0.4 is 0 Å². The SMILES string of the molecule is CCCCc1ccccc1.O=S=Nc1nccs1. The number of rotatable bonds is 4. The van der Waals surface area contributed by atoms with Gasteiger partial charge >= 0.3 is 0 Å². The minimum Gasteiger partial charge on any atom is -0.226 e. The van der Waals surface area contributed by atoms with Crippen LogP contribution in [-0.2, 0) is 17.9 Å². The van der Waals surface area contributed by atoms with Crippen molar-refractivity contribution in [2.45, 2.75) is 26.2 Å². The summed E-state index contributed by atoms with van der Waals surface area (Å²) in [5.41, 5.74) is 1.46. The molecule has 0 saturated carbocycles. The Morgan fingerprint density at radius 3 is 2.67 bits per heavy atom. The van der Waals surface area contributed by atoms with Crippen molar-refractivity contribution in [3.05, 3.63) is 47.5 Å². The summed E-state index contributed by atoms with van der Waals surface area (Å²) in [4.78, 5) is 3.74. The first-order valence-electron chi connectivity index (χ1n) is 5.80. The molecule has 5 heteroatoms. The Kier molecular flexibility index (Phi) is 7.92. The lowest BCUT2D eigenvalue weighted by Gasteiger charge is -1.96. The van der Waals surface area contributed by atoms with E-state index in [9.17, 15) is 4.21 Å². The largest absolute Gasteiger partial charge is 0.226 e. The molecule has 0 aliphatic carbocycles. The van der Waals surface area contributed by atoms with E-state index in [-0.39, 0.29) is 11.5 Å². The van der Waals surface area contributed by atoms with Crippen molar-refractivity contribution in [3.8, 4) is 0 Å². The summed E-state index contributed by atoms with van der Waals surface area (Å²) >= 11 is 1.53. The number of aryl methyl sites for hydroxylation is 1. The molecule has 2 rings (SSSR count). The number of thiazole rings is 1. The van der Waals surface area contributed by atoms with Gasteiger partial charge in [0, 0.05) is 11.6 Å². The van der Waals surface area contributed by atoms with Crippen LogP contribution in [0.1, 0.15) is 25.3 Å². The second-order valence-electron chi connectivity index (χ2n) is 3.57. The third kappa shape index (κ3) is 6.42. The smallest absolute Gasteiger partial charge is 0.223 e. The maximum atomic E-state index is 9.71. The first-order chi connectivity index (χ1) is 8.86. The highest BCUT2D eigenvalue weighted by atomic mass is 32.1. The highest BCUT2D eigenvalue weighted by molar-refractivity contribution is 7.55. The van der Waals surface area contributed by atoms with Crippen LogP contribution in [-0.4, -0.2) is 9.19 Å². The molecule has 0 N–H and O–H groups in total. The summed E-state index contributed by atoms with van der Waals surface area (Å²) in [6.45, 7) is 2.23. The monoisotopic (exact) mass is 280 g/mol. The van der Waals surface area contributed by atoms with Crippen molar-refractivity contribution in [2.24, 2.45) is 4.36 Å². The van der Waals surface area contributed by atoms with Gasteiger partial charge in [0.05, 0.1) is 0 Å². The van der Waals surface area contributed by atoms with E-state index in [0.29, 0.717) is 5.13 Å². The van der Waals surface area contributed by atoms with Gasteiger partial charge in [-0.15, -0.1) is 15.7 Å². The second-order valence-corrected chi connectivity index (χ2v) is 4.77. The van der Waals surface area contributed by atoms with Gasteiger partial charge in [0.15, 0.2) is 0 Å². The van der Waals surface area contributed by atoms with E-state index in [2.05, 4.69) is 46.6 Å². The fourth-order valence-electron chi connectivity index (χ4n) is 1.32. The van der Waals surface area contributed by atoms with Gasteiger partial charge in [-0.1, -0.05) is 43.7 Å². The molecule has 0 spiro atoms. The molecular formula is C13H16N2OS2. The van der Waals surface area contributed by atoms with Gasteiger partial charge < -0.3 is 0 Å². The van der Waals surface area contributed by atoms with Crippen molar-refractivity contribution in [3.63, 3.8) is 0 Å². The Morgan fingerprint density at radius 2 is 2.11 bits per heavy atom. The van der Waals surface area contributed by atoms with E-state index >= 15 is 0 Å². The fourth-order valence-corrected chi connectivity index (χ4v) is 2.06. The lowest BCUT2D eigenvalue weighted by molar-refractivity contribution is 0.698. The number of aromatic nitrogens is 1. The van der Waals surface area contributed by atoms with Crippen LogP contribution >= 0.6 is 11.3 Å². The van der Waals surface area contributed by atoms with E-state index in [1.165, 1.54) is 36.2 Å². The molecule has 2 aromatic rings. The molecule has 0 radical (unpaired) electrons. The van der Waals surface area contributed by atoms with Crippen LogP contribution in [0.25, 0.3) is 0 Å². The van der Waals surface area contributed by atoms with Crippen LogP contribution in [0.15, 0.2) is 46.3 Å². The number of hydrogen-bond acceptors (Lipinski definition) is 4. The fraction of sp³-hybridized carbons (Fsp3) is 0.308. The van der Waals surface area contributed by atoms with Gasteiger partial charge in [-0.05, 0) is 18.4 Å². The molecule has 0 fully saturated rings. The predicted molar refractivity (Wildman–Crippen MR) is 77.4 cm³/mol. The maximum Gasteiger partial charge on any atom is 0.223 e. The van der Waals surface area contributed by atoms with Crippen LogP contribution in [0.4, 0.5) is 5.13 Å². The predicted octanol–water partition coefficient (Wildman–Crippen LogP) is 4.20. The van der Waals surface area contributed by atoms with Crippen molar-refractivity contribution < 1.29 is 4.21 Å². The molecule has 96 valence electrons. The molecule has 18 heavy (non-hydrogen) atoms. The molecule has 1 heterocycles. The Labute approximate surface area is 115 Å². The van der Waals surface area contributed by atoms with E-state index in [1.807, 2.05) is 0 Å². The Balaban J connectivity index is 0.000000184. The third-order valence-electron chi connectivity index (χ3n) is 2.20. The number of unbranched alkanes of at least 4 members (excludes halogenated alkanes) is 1. The minimum atomic E-state index is 0.182. The van der Waals surface area contributed by atoms with Crippen LogP contribution in [0.5, 0.6) is 0 Å². The Morgan fingerprint density at radius 1 is 1.33 bits per heavy atom. The normalized spacial score (nSPS) is 9.17. The van der Waals surface area contributed by atoms with E-state index < -0.39 is 0 Å². The zero-order valence-corrected chi connectivity index (χ0v) is 11.9. The minimum absolute atomic E-state index is 0.182. The molecule has 0 atom stereocenters. The van der Waals surface area contributed by atoms with Crippen LogP contribution in [0, 0.1) is 0 Å². The van der Waals surface area contributed by atoms with Gasteiger partial charge in [-0.2, -0.15) is 4.21 Å². The molecule has 1 aromatic heterocycles. The average molecular weight is 280 g/mol. The van der Waals surface area contributed by atoms with E-state index in [4.69, 9.17) is 0 Å². The van der Waals surface area contributed by atoms with Gasteiger partial charge in [0.2, 0.25) is 16.6 Å². The van der Waals surface area contributed by atoms with Gasteiger partial charge in [-0.25, -0.2) is 4.98 Å². The molecule has 0 bridgehead atoms. The lowest BCUT2D eigenvalue weighted by atomic mass is 10.1. The molecule has 0 amide bonds. The zero-order chi connectivity index (χ0) is 13.1. The molecule has 0 aliphatic rings. The van der Waals surface area contributed by atoms with E-state index in [1.54, 1.807) is 11.6 Å². The van der Waals surface area contributed by atoms with Crippen molar-refractivity contribution >= 4 is 27.9 Å². The highest BCUT2D eigenvalue weighted by Crippen LogP contribution is 2.12. The van der Waals surface area contributed by atoms with E-state index in [0.717, 1.165) is 0 Å². The number of hydrogen-bond donors (Lipinski definition) is 0. The van der Waals surface area contributed by atoms with Crippen LogP contribution in [0.3, 0.4) is 0 Å².